The standard InChI is InChI=1S/C41H42N2O6S3/c44-25-23-42(21-9-27-50-33-11-3-1-4-12-33)31-17-19-35-38(29-31)49-39-30-32(43(24-26-45)22-10-28-51-34-13-5-2-6-14-34)18-20-36(39)41(35)37-15-7-8-16-40(37)52(46,47)48/h1-8,11-20,29-30,44-45H,9-10,21-28H2/p+1. The molecule has 11 heteroatoms. The third-order valence-electron chi connectivity index (χ3n) is 8.76. The highest BCUT2D eigenvalue weighted by Gasteiger charge is 2.24. The smallest absolute Gasteiger partial charge is 0.295 e. The summed E-state index contributed by atoms with van der Waals surface area (Å²) in [6.45, 7) is 2.30. The number of hydrogen-bond donors (Lipinski definition) is 3. The van der Waals surface area contributed by atoms with E-state index in [9.17, 15) is 23.2 Å². The fourth-order valence-electron chi connectivity index (χ4n) is 6.35. The van der Waals surface area contributed by atoms with Crippen LogP contribution in [0.4, 0.5) is 5.69 Å². The molecule has 4 aromatic rings. The van der Waals surface area contributed by atoms with Crippen LogP contribution in [-0.2, 0) is 10.1 Å². The summed E-state index contributed by atoms with van der Waals surface area (Å²) in [5.74, 6) is 2.38. The molecule has 6 rings (SSSR count). The summed E-state index contributed by atoms with van der Waals surface area (Å²) in [4.78, 5) is 4.37. The van der Waals surface area contributed by atoms with Crippen LogP contribution in [0.25, 0.3) is 33.4 Å². The summed E-state index contributed by atoms with van der Waals surface area (Å²) < 4.78 is 44.3. The first-order valence-corrected chi connectivity index (χ1v) is 20.7. The molecule has 0 atom stereocenters. The molecule has 0 spiro atoms. The van der Waals surface area contributed by atoms with Gasteiger partial charge in [-0.15, -0.1) is 23.5 Å². The number of fused-ring (bicyclic) bond motifs is 2. The molecule has 1 aliphatic carbocycles. The Hall–Kier alpha value is -4.10. The van der Waals surface area contributed by atoms with Crippen LogP contribution in [0.3, 0.4) is 0 Å². The molecule has 270 valence electrons. The molecule has 0 radical (unpaired) electrons. The quantitative estimate of drug-likeness (QED) is 0.0289. The van der Waals surface area contributed by atoms with Crippen molar-refractivity contribution in [2.24, 2.45) is 0 Å². The van der Waals surface area contributed by atoms with Crippen LogP contribution in [0.15, 0.2) is 140 Å². The predicted molar refractivity (Wildman–Crippen MR) is 213 cm³/mol. The van der Waals surface area contributed by atoms with Gasteiger partial charge in [0.15, 0.2) is 6.54 Å². The van der Waals surface area contributed by atoms with Crippen molar-refractivity contribution in [1.82, 2.24) is 4.58 Å². The van der Waals surface area contributed by atoms with E-state index in [2.05, 4.69) is 33.7 Å². The van der Waals surface area contributed by atoms with E-state index in [1.54, 1.807) is 41.7 Å². The van der Waals surface area contributed by atoms with Gasteiger partial charge in [0.25, 0.3) is 10.1 Å². The van der Waals surface area contributed by atoms with Gasteiger partial charge < -0.3 is 19.5 Å². The fourth-order valence-corrected chi connectivity index (χ4v) is 8.77. The monoisotopic (exact) mass is 755 g/mol. The number of benzene rings is 5. The SMILES string of the molecule is O=S(=O)(O)c1ccccc1-c1c2ccc(=[N+](CCO)CCCSc3ccccc3)cc-2oc2cc(N(CCO)CCCSc3ccccc3)ccc12. The van der Waals surface area contributed by atoms with Crippen LogP contribution in [-0.4, -0.2) is 74.1 Å². The number of anilines is 1. The molecule has 0 saturated heterocycles. The van der Waals surface area contributed by atoms with E-state index < -0.39 is 10.1 Å². The molecule has 0 amide bonds. The predicted octanol–water partition coefficient (Wildman–Crippen LogP) is 7.38. The molecule has 0 bridgehead atoms. The first-order chi connectivity index (χ1) is 25.4. The number of aliphatic hydroxyl groups is 2. The van der Waals surface area contributed by atoms with Crippen molar-refractivity contribution in [3.63, 3.8) is 0 Å². The lowest BCUT2D eigenvalue weighted by atomic mass is 9.93. The van der Waals surface area contributed by atoms with Crippen molar-refractivity contribution in [2.75, 3.05) is 55.8 Å². The molecule has 0 saturated carbocycles. The van der Waals surface area contributed by atoms with Gasteiger partial charge in [-0.2, -0.15) is 8.42 Å². The average molecular weight is 756 g/mol. The Morgan fingerprint density at radius 2 is 1.35 bits per heavy atom. The lowest BCUT2D eigenvalue weighted by Gasteiger charge is -2.25. The van der Waals surface area contributed by atoms with Crippen molar-refractivity contribution >= 4 is 50.3 Å². The van der Waals surface area contributed by atoms with E-state index in [0.29, 0.717) is 46.5 Å². The lowest BCUT2D eigenvalue weighted by Crippen LogP contribution is -2.33. The van der Waals surface area contributed by atoms with Crippen LogP contribution in [0, 0.1) is 0 Å². The summed E-state index contributed by atoms with van der Waals surface area (Å²) >= 11 is 3.59. The van der Waals surface area contributed by atoms with Crippen LogP contribution in [0.5, 0.6) is 0 Å². The maximum Gasteiger partial charge on any atom is 0.295 e. The molecule has 1 heterocycles. The minimum atomic E-state index is -4.55. The normalized spacial score (nSPS) is 12.4. The van der Waals surface area contributed by atoms with E-state index in [-0.39, 0.29) is 18.1 Å². The highest BCUT2D eigenvalue weighted by atomic mass is 32.2. The van der Waals surface area contributed by atoms with E-state index in [4.69, 9.17) is 4.42 Å². The van der Waals surface area contributed by atoms with Gasteiger partial charge in [0, 0.05) is 75.0 Å². The second-order valence-electron chi connectivity index (χ2n) is 12.3. The minimum Gasteiger partial charge on any atom is -0.456 e. The number of aliphatic hydroxyl groups excluding tert-OH is 2. The second-order valence-corrected chi connectivity index (χ2v) is 16.0. The van der Waals surface area contributed by atoms with Crippen LogP contribution >= 0.6 is 23.5 Å². The van der Waals surface area contributed by atoms with E-state index in [1.807, 2.05) is 72.8 Å². The fraction of sp³-hybridized carbons (Fsp3) is 0.244. The van der Waals surface area contributed by atoms with Crippen molar-refractivity contribution in [2.45, 2.75) is 27.5 Å². The molecule has 2 aliphatic rings. The van der Waals surface area contributed by atoms with E-state index in [1.165, 1.54) is 15.9 Å². The van der Waals surface area contributed by atoms with Crippen molar-refractivity contribution in [3.05, 3.63) is 127 Å². The van der Waals surface area contributed by atoms with E-state index >= 15 is 0 Å². The summed E-state index contributed by atoms with van der Waals surface area (Å²) in [7, 11) is -4.55. The number of thioether (sulfide) groups is 2. The zero-order valence-electron chi connectivity index (χ0n) is 28.8. The van der Waals surface area contributed by atoms with Crippen molar-refractivity contribution in [3.8, 4) is 22.5 Å². The van der Waals surface area contributed by atoms with Gasteiger partial charge in [0.2, 0.25) is 5.36 Å². The van der Waals surface area contributed by atoms with Gasteiger partial charge in [0.05, 0.1) is 12.7 Å². The van der Waals surface area contributed by atoms with Gasteiger partial charge in [-0.05, 0) is 60.7 Å². The van der Waals surface area contributed by atoms with Crippen molar-refractivity contribution in [1.29, 1.82) is 0 Å². The molecular formula is C41H43N2O6S3+. The highest BCUT2D eigenvalue weighted by Crippen LogP contribution is 2.43. The third kappa shape index (κ3) is 9.46. The Labute approximate surface area is 313 Å². The van der Waals surface area contributed by atoms with Gasteiger partial charge in [-0.3, -0.25) is 4.55 Å². The van der Waals surface area contributed by atoms with E-state index in [0.717, 1.165) is 48.5 Å². The summed E-state index contributed by atoms with van der Waals surface area (Å²) in [6.07, 6.45) is 1.79. The topological polar surface area (TPSA) is 114 Å². The largest absolute Gasteiger partial charge is 0.456 e. The lowest BCUT2D eigenvalue weighted by molar-refractivity contribution is 0.281. The summed E-state index contributed by atoms with van der Waals surface area (Å²) in [6, 6.07) is 38.6. The average Bonchev–Trinajstić information content (AvgIpc) is 3.16. The summed E-state index contributed by atoms with van der Waals surface area (Å²) in [5, 5.41) is 21.5. The molecule has 8 nitrogen and oxygen atoms in total. The Balaban J connectivity index is 1.40. The Morgan fingerprint density at radius 3 is 2.02 bits per heavy atom. The Kier molecular flexibility index (Phi) is 13.1. The number of nitrogens with zero attached hydrogens (tertiary/aromatic N) is 2. The molecule has 0 aromatic heterocycles. The molecule has 0 fully saturated rings. The van der Waals surface area contributed by atoms with Crippen molar-refractivity contribution < 1.29 is 27.6 Å². The summed E-state index contributed by atoms with van der Waals surface area (Å²) in [5.41, 5.74) is 3.10. The molecule has 4 aromatic carbocycles. The molecule has 3 N–H and O–H groups in total. The maximum absolute atomic E-state index is 12.6. The first kappa shape index (κ1) is 37.7. The zero-order chi connectivity index (χ0) is 36.3. The zero-order valence-corrected chi connectivity index (χ0v) is 31.3. The third-order valence-corrected chi connectivity index (χ3v) is 11.9. The second kappa shape index (κ2) is 18.1. The van der Waals surface area contributed by atoms with Gasteiger partial charge >= 0.3 is 0 Å². The molecular weight excluding hydrogens is 713 g/mol. The first-order valence-electron chi connectivity index (χ1n) is 17.3. The van der Waals surface area contributed by atoms with Gasteiger partial charge in [-0.1, -0.05) is 54.6 Å². The number of hydrogen-bond acceptors (Lipinski definition) is 8. The van der Waals surface area contributed by atoms with Gasteiger partial charge in [-0.25, -0.2) is 4.58 Å². The number of rotatable bonds is 17. The van der Waals surface area contributed by atoms with Crippen LogP contribution < -0.4 is 14.8 Å². The Bertz CT molecular complexity index is 2230. The maximum atomic E-state index is 12.6. The van der Waals surface area contributed by atoms with Gasteiger partial charge in [0.1, 0.15) is 29.4 Å². The molecule has 1 aliphatic heterocycles. The van der Waals surface area contributed by atoms with Crippen LogP contribution in [0.1, 0.15) is 12.8 Å². The Morgan fingerprint density at radius 1 is 0.673 bits per heavy atom. The molecule has 52 heavy (non-hydrogen) atoms. The minimum absolute atomic E-state index is 0.0143. The molecule has 0 unspecified atom stereocenters. The van der Waals surface area contributed by atoms with Crippen LogP contribution in [0.2, 0.25) is 0 Å². The highest BCUT2D eigenvalue weighted by molar-refractivity contribution is 7.99.